The Morgan fingerprint density at radius 3 is 2.55 bits per heavy atom. The number of hydrogen-bond acceptors (Lipinski definition) is 5. The van der Waals surface area contributed by atoms with Crippen LogP contribution in [0.5, 0.6) is 0 Å². The Morgan fingerprint density at radius 2 is 1.90 bits per heavy atom. The smallest absolute Gasteiger partial charge is 0.354 e. The summed E-state index contributed by atoms with van der Waals surface area (Å²) in [5.74, 6) is -0.824. The zero-order chi connectivity index (χ0) is 21.2. The second kappa shape index (κ2) is 8.38. The highest BCUT2D eigenvalue weighted by atomic mass is 32.2. The summed E-state index contributed by atoms with van der Waals surface area (Å²) in [6.45, 7) is 4.25. The molecule has 0 radical (unpaired) electrons. The first-order valence-electron chi connectivity index (χ1n) is 9.35. The van der Waals surface area contributed by atoms with Crippen LogP contribution in [0.3, 0.4) is 0 Å². The van der Waals surface area contributed by atoms with Gasteiger partial charge >= 0.3 is 5.97 Å². The molecule has 8 nitrogen and oxygen atoms in total. The predicted octanol–water partition coefficient (Wildman–Crippen LogP) is 1.47. The molecule has 0 fully saturated rings. The Bertz CT molecular complexity index is 1040. The highest BCUT2D eigenvalue weighted by Crippen LogP contribution is 2.29. The van der Waals surface area contributed by atoms with Gasteiger partial charge in [-0.05, 0) is 30.5 Å². The van der Waals surface area contributed by atoms with Crippen LogP contribution in [0, 0.1) is 6.92 Å². The lowest BCUT2D eigenvalue weighted by Crippen LogP contribution is -2.36. The van der Waals surface area contributed by atoms with Gasteiger partial charge in [0, 0.05) is 38.8 Å². The van der Waals surface area contributed by atoms with Gasteiger partial charge in [-0.25, -0.2) is 13.2 Å². The molecule has 156 valence electrons. The maximum Gasteiger partial charge on any atom is 0.354 e. The standard InChI is InChI=1S/C20H25N3O5S/c1-14-19(12-18(20(25)28-3)23(14)11-9-21-15(2)24)29(26,27)22-10-8-16-6-4-5-7-17(16)13-22/h4-7,12H,8-11,13H2,1-3H3,(H,21,24). The normalized spacial score (nSPS) is 14.3. The number of hydrogen-bond donors (Lipinski definition) is 1. The van der Waals surface area contributed by atoms with Crippen LogP contribution in [0.25, 0.3) is 0 Å². The molecule has 2 aromatic rings. The fraction of sp³-hybridized carbons (Fsp3) is 0.400. The molecular weight excluding hydrogens is 394 g/mol. The number of rotatable bonds is 6. The van der Waals surface area contributed by atoms with Gasteiger partial charge in [0.15, 0.2) is 0 Å². The summed E-state index contributed by atoms with van der Waals surface area (Å²) in [6, 6.07) is 9.16. The number of sulfonamides is 1. The first-order valence-corrected chi connectivity index (χ1v) is 10.8. The lowest BCUT2D eigenvalue weighted by Gasteiger charge is -2.28. The van der Waals surface area contributed by atoms with Gasteiger partial charge in [-0.2, -0.15) is 4.31 Å². The van der Waals surface area contributed by atoms with Crippen molar-refractivity contribution in [2.45, 2.75) is 38.3 Å². The molecule has 0 unspecified atom stereocenters. The van der Waals surface area contributed by atoms with Crippen LogP contribution in [0.2, 0.25) is 0 Å². The molecule has 0 saturated heterocycles. The zero-order valence-corrected chi connectivity index (χ0v) is 17.6. The Balaban J connectivity index is 1.95. The lowest BCUT2D eigenvalue weighted by atomic mass is 10.0. The van der Waals surface area contributed by atoms with Gasteiger partial charge in [-0.15, -0.1) is 0 Å². The van der Waals surface area contributed by atoms with Crippen molar-refractivity contribution in [3.63, 3.8) is 0 Å². The summed E-state index contributed by atoms with van der Waals surface area (Å²) in [5, 5.41) is 2.66. The maximum atomic E-state index is 13.4. The van der Waals surface area contributed by atoms with E-state index in [-0.39, 0.29) is 29.6 Å². The Labute approximate surface area is 170 Å². The minimum atomic E-state index is -3.80. The van der Waals surface area contributed by atoms with Crippen LogP contribution < -0.4 is 5.32 Å². The molecule has 0 saturated carbocycles. The van der Waals surface area contributed by atoms with Crippen LogP contribution in [-0.4, -0.2) is 49.4 Å². The molecule has 0 spiro atoms. The molecule has 3 rings (SSSR count). The number of carbonyl (C=O) groups excluding carboxylic acids is 2. The summed E-state index contributed by atoms with van der Waals surface area (Å²) in [6.07, 6.45) is 0.640. The van der Waals surface area contributed by atoms with E-state index in [4.69, 9.17) is 4.74 Å². The van der Waals surface area contributed by atoms with Crippen molar-refractivity contribution in [1.29, 1.82) is 0 Å². The Hall–Kier alpha value is -2.65. The number of esters is 1. The molecule has 1 aliphatic heterocycles. The number of carbonyl (C=O) groups is 2. The number of methoxy groups -OCH3 is 1. The van der Waals surface area contributed by atoms with E-state index in [9.17, 15) is 18.0 Å². The third kappa shape index (κ3) is 4.20. The van der Waals surface area contributed by atoms with E-state index in [1.807, 2.05) is 24.3 Å². The number of amides is 1. The number of nitrogens with one attached hydrogen (secondary N) is 1. The number of nitrogens with zero attached hydrogens (tertiary/aromatic N) is 2. The summed E-state index contributed by atoms with van der Waals surface area (Å²) < 4.78 is 34.6. The van der Waals surface area contributed by atoms with Crippen molar-refractivity contribution in [2.75, 3.05) is 20.2 Å². The highest BCUT2D eigenvalue weighted by molar-refractivity contribution is 7.89. The van der Waals surface area contributed by atoms with Gasteiger partial charge < -0.3 is 14.6 Å². The van der Waals surface area contributed by atoms with Crippen LogP contribution in [0.1, 0.15) is 34.2 Å². The molecule has 1 aromatic heterocycles. The predicted molar refractivity (Wildman–Crippen MR) is 107 cm³/mol. The van der Waals surface area contributed by atoms with Gasteiger partial charge in [0.1, 0.15) is 10.6 Å². The minimum absolute atomic E-state index is 0.0834. The van der Waals surface area contributed by atoms with Gasteiger partial charge in [-0.3, -0.25) is 4.79 Å². The highest BCUT2D eigenvalue weighted by Gasteiger charge is 2.33. The first-order chi connectivity index (χ1) is 13.8. The quantitative estimate of drug-likeness (QED) is 0.715. The Kier molecular flexibility index (Phi) is 6.09. The molecule has 1 aliphatic rings. The summed E-state index contributed by atoms with van der Waals surface area (Å²) in [7, 11) is -2.55. The topological polar surface area (TPSA) is 97.7 Å². The number of ether oxygens (including phenoxy) is 1. The maximum absolute atomic E-state index is 13.4. The van der Waals surface area contributed by atoms with Crippen LogP contribution in [0.4, 0.5) is 0 Å². The monoisotopic (exact) mass is 419 g/mol. The lowest BCUT2D eigenvalue weighted by molar-refractivity contribution is -0.118. The van der Waals surface area contributed by atoms with E-state index in [1.165, 1.54) is 24.4 Å². The number of aromatic nitrogens is 1. The molecular formula is C20H25N3O5S. The van der Waals surface area contributed by atoms with E-state index in [0.717, 1.165) is 11.1 Å². The van der Waals surface area contributed by atoms with Crippen molar-refractivity contribution >= 4 is 21.9 Å². The molecule has 0 aliphatic carbocycles. The number of benzene rings is 1. The SMILES string of the molecule is COC(=O)c1cc(S(=O)(=O)N2CCc3ccccc3C2)c(C)n1CCNC(C)=O. The zero-order valence-electron chi connectivity index (χ0n) is 16.8. The third-order valence-corrected chi connectivity index (χ3v) is 7.10. The van der Waals surface area contributed by atoms with Crippen molar-refractivity contribution in [2.24, 2.45) is 0 Å². The molecule has 2 heterocycles. The fourth-order valence-electron chi connectivity index (χ4n) is 3.60. The van der Waals surface area contributed by atoms with Gasteiger partial charge in [0.25, 0.3) is 0 Å². The third-order valence-electron chi connectivity index (χ3n) is 5.14. The van der Waals surface area contributed by atoms with Crippen LogP contribution in [-0.2, 0) is 39.1 Å². The minimum Gasteiger partial charge on any atom is -0.464 e. The van der Waals surface area contributed by atoms with Crippen molar-refractivity contribution in [3.05, 3.63) is 52.8 Å². The molecule has 1 N–H and O–H groups in total. The van der Waals surface area contributed by atoms with E-state index in [0.29, 0.717) is 25.2 Å². The molecule has 29 heavy (non-hydrogen) atoms. The fourth-order valence-corrected chi connectivity index (χ4v) is 5.26. The number of fused-ring (bicyclic) bond motifs is 1. The Morgan fingerprint density at radius 1 is 1.21 bits per heavy atom. The molecule has 9 heteroatoms. The first kappa shape index (κ1) is 21.1. The van der Waals surface area contributed by atoms with E-state index >= 15 is 0 Å². The van der Waals surface area contributed by atoms with E-state index in [2.05, 4.69) is 5.32 Å². The molecule has 1 amide bonds. The summed E-state index contributed by atoms with van der Waals surface area (Å²) >= 11 is 0. The summed E-state index contributed by atoms with van der Waals surface area (Å²) in [4.78, 5) is 23.5. The molecule has 0 bridgehead atoms. The van der Waals surface area contributed by atoms with Crippen LogP contribution in [0.15, 0.2) is 35.2 Å². The second-order valence-electron chi connectivity index (χ2n) is 6.96. The van der Waals surface area contributed by atoms with Crippen LogP contribution >= 0.6 is 0 Å². The van der Waals surface area contributed by atoms with Gasteiger partial charge in [0.2, 0.25) is 15.9 Å². The summed E-state index contributed by atoms with van der Waals surface area (Å²) in [5.41, 5.74) is 2.72. The largest absolute Gasteiger partial charge is 0.464 e. The molecule has 0 atom stereocenters. The average Bonchev–Trinajstić information content (AvgIpc) is 3.04. The van der Waals surface area contributed by atoms with Crippen molar-refractivity contribution in [3.8, 4) is 0 Å². The van der Waals surface area contributed by atoms with Gasteiger partial charge in [-0.1, -0.05) is 24.3 Å². The molecule has 1 aromatic carbocycles. The van der Waals surface area contributed by atoms with Gasteiger partial charge in [0.05, 0.1) is 7.11 Å². The second-order valence-corrected chi connectivity index (χ2v) is 8.87. The van der Waals surface area contributed by atoms with E-state index in [1.54, 1.807) is 11.5 Å². The van der Waals surface area contributed by atoms with Crippen molar-refractivity contribution in [1.82, 2.24) is 14.2 Å². The average molecular weight is 420 g/mol. The van der Waals surface area contributed by atoms with Crippen molar-refractivity contribution < 1.29 is 22.7 Å². The van der Waals surface area contributed by atoms with E-state index < -0.39 is 16.0 Å².